The van der Waals surface area contributed by atoms with Gasteiger partial charge in [0, 0.05) is 6.54 Å². The summed E-state index contributed by atoms with van der Waals surface area (Å²) in [4.78, 5) is 23.3. The van der Waals surface area contributed by atoms with E-state index < -0.39 is 5.97 Å². The molecule has 3 rings (SSSR count). The molecule has 2 saturated carbocycles. The molecule has 20 heavy (non-hydrogen) atoms. The highest BCUT2D eigenvalue weighted by Crippen LogP contribution is 2.47. The summed E-state index contributed by atoms with van der Waals surface area (Å²) in [6, 6.07) is 6.36. The molecule has 3 unspecified atom stereocenters. The number of fused-ring (bicyclic) bond motifs is 2. The van der Waals surface area contributed by atoms with Gasteiger partial charge in [0.25, 0.3) is 5.91 Å². The lowest BCUT2D eigenvalue weighted by molar-refractivity contribution is 0.0690. The van der Waals surface area contributed by atoms with Crippen LogP contribution in [0.5, 0.6) is 0 Å². The molecule has 0 aromatic heterocycles. The predicted molar refractivity (Wildman–Crippen MR) is 74.7 cm³/mol. The van der Waals surface area contributed by atoms with Crippen molar-refractivity contribution in [2.24, 2.45) is 17.8 Å². The Bertz CT molecular complexity index is 540. The minimum atomic E-state index is -1.06. The molecule has 0 saturated heterocycles. The number of carbonyl (C=O) groups is 2. The van der Waals surface area contributed by atoms with Crippen LogP contribution in [0.15, 0.2) is 24.3 Å². The van der Waals surface area contributed by atoms with Crippen molar-refractivity contribution in [1.82, 2.24) is 5.32 Å². The van der Waals surface area contributed by atoms with Gasteiger partial charge in [0.1, 0.15) is 0 Å². The average molecular weight is 273 g/mol. The predicted octanol–water partition coefficient (Wildman–Crippen LogP) is 2.55. The normalized spacial score (nSPS) is 27.5. The molecule has 0 aliphatic heterocycles. The number of amides is 1. The van der Waals surface area contributed by atoms with Crippen LogP contribution in [0.1, 0.15) is 46.4 Å². The summed E-state index contributed by atoms with van der Waals surface area (Å²) in [5.41, 5.74) is 0.320. The van der Waals surface area contributed by atoms with E-state index in [1.165, 1.54) is 31.7 Å². The van der Waals surface area contributed by atoms with E-state index in [9.17, 15) is 9.59 Å². The number of aromatic carboxylic acids is 1. The Kier molecular flexibility index (Phi) is 3.47. The van der Waals surface area contributed by atoms with Crippen LogP contribution in [0.2, 0.25) is 0 Å². The van der Waals surface area contributed by atoms with Gasteiger partial charge in [0.05, 0.1) is 11.1 Å². The molecule has 2 fully saturated rings. The van der Waals surface area contributed by atoms with Gasteiger partial charge in [0.2, 0.25) is 0 Å². The van der Waals surface area contributed by atoms with Gasteiger partial charge in [-0.05, 0) is 49.1 Å². The van der Waals surface area contributed by atoms with Crippen molar-refractivity contribution in [3.05, 3.63) is 35.4 Å². The molecule has 1 amide bonds. The molecule has 2 bridgehead atoms. The number of hydrogen-bond donors (Lipinski definition) is 2. The van der Waals surface area contributed by atoms with Crippen LogP contribution in [0, 0.1) is 17.8 Å². The van der Waals surface area contributed by atoms with E-state index in [2.05, 4.69) is 5.32 Å². The Hall–Kier alpha value is -1.84. The molecule has 2 aliphatic carbocycles. The Balaban J connectivity index is 1.64. The summed E-state index contributed by atoms with van der Waals surface area (Å²) in [6.45, 7) is 0.675. The largest absolute Gasteiger partial charge is 0.478 e. The summed E-state index contributed by atoms with van der Waals surface area (Å²) < 4.78 is 0. The molecule has 0 spiro atoms. The second-order valence-electron chi connectivity index (χ2n) is 6.00. The van der Waals surface area contributed by atoms with Gasteiger partial charge in [-0.3, -0.25) is 4.79 Å². The molecule has 0 heterocycles. The third-order valence-corrected chi connectivity index (χ3v) is 4.81. The number of carboxylic acids is 1. The zero-order valence-corrected chi connectivity index (χ0v) is 11.3. The molecule has 2 aliphatic rings. The van der Waals surface area contributed by atoms with Crippen LogP contribution in [-0.2, 0) is 0 Å². The first-order valence-electron chi connectivity index (χ1n) is 7.25. The molecular weight excluding hydrogens is 254 g/mol. The fraction of sp³-hybridized carbons (Fsp3) is 0.500. The van der Waals surface area contributed by atoms with E-state index >= 15 is 0 Å². The van der Waals surface area contributed by atoms with Gasteiger partial charge in [-0.2, -0.15) is 0 Å². The second-order valence-corrected chi connectivity index (χ2v) is 6.00. The zero-order valence-electron chi connectivity index (χ0n) is 11.3. The third kappa shape index (κ3) is 2.42. The second kappa shape index (κ2) is 5.27. The number of carboxylic acid groups (broad SMARTS) is 1. The van der Waals surface area contributed by atoms with Crippen LogP contribution in [0.25, 0.3) is 0 Å². The quantitative estimate of drug-likeness (QED) is 0.886. The summed E-state index contributed by atoms with van der Waals surface area (Å²) >= 11 is 0. The first-order chi connectivity index (χ1) is 9.65. The van der Waals surface area contributed by atoms with Crippen molar-refractivity contribution in [1.29, 1.82) is 0 Å². The van der Waals surface area contributed by atoms with Crippen molar-refractivity contribution >= 4 is 11.9 Å². The molecule has 1 aromatic rings. The van der Waals surface area contributed by atoms with Crippen molar-refractivity contribution in [3.63, 3.8) is 0 Å². The molecular formula is C16H19NO3. The van der Waals surface area contributed by atoms with Gasteiger partial charge in [-0.15, -0.1) is 0 Å². The molecule has 106 valence electrons. The first kappa shape index (κ1) is 13.2. The molecule has 3 atom stereocenters. The third-order valence-electron chi connectivity index (χ3n) is 4.81. The lowest BCUT2D eigenvalue weighted by atomic mass is 9.89. The topological polar surface area (TPSA) is 66.4 Å². The fourth-order valence-corrected chi connectivity index (χ4v) is 3.81. The van der Waals surface area contributed by atoms with Crippen molar-refractivity contribution in [3.8, 4) is 0 Å². The SMILES string of the molecule is O=C(O)c1ccccc1C(=O)NCC1CC2CCC1C2. The summed E-state index contributed by atoms with van der Waals surface area (Å²) in [7, 11) is 0. The lowest BCUT2D eigenvalue weighted by Crippen LogP contribution is -2.32. The molecule has 2 N–H and O–H groups in total. The molecule has 4 nitrogen and oxygen atoms in total. The van der Waals surface area contributed by atoms with E-state index in [0.717, 1.165) is 11.8 Å². The minimum absolute atomic E-state index is 0.0675. The van der Waals surface area contributed by atoms with Crippen molar-refractivity contribution in [2.45, 2.75) is 25.7 Å². The Morgan fingerprint density at radius 2 is 1.90 bits per heavy atom. The summed E-state index contributed by atoms with van der Waals surface area (Å²) in [5, 5.41) is 12.0. The maximum atomic E-state index is 12.2. The van der Waals surface area contributed by atoms with E-state index in [0.29, 0.717) is 12.5 Å². The Labute approximate surface area is 118 Å². The Morgan fingerprint density at radius 3 is 2.50 bits per heavy atom. The minimum Gasteiger partial charge on any atom is -0.478 e. The van der Waals surface area contributed by atoms with E-state index in [-0.39, 0.29) is 17.0 Å². The van der Waals surface area contributed by atoms with Crippen LogP contribution >= 0.6 is 0 Å². The number of carbonyl (C=O) groups excluding carboxylic acids is 1. The maximum Gasteiger partial charge on any atom is 0.336 e. The summed E-state index contributed by atoms with van der Waals surface area (Å²) in [6.07, 6.45) is 5.16. The van der Waals surface area contributed by atoms with Crippen molar-refractivity contribution < 1.29 is 14.7 Å². The highest BCUT2D eigenvalue weighted by Gasteiger charge is 2.39. The number of nitrogens with one attached hydrogen (secondary N) is 1. The van der Waals surface area contributed by atoms with Gasteiger partial charge < -0.3 is 10.4 Å². The van der Waals surface area contributed by atoms with Crippen molar-refractivity contribution in [2.75, 3.05) is 6.54 Å². The smallest absolute Gasteiger partial charge is 0.336 e. The van der Waals surface area contributed by atoms with Crippen LogP contribution in [-0.4, -0.2) is 23.5 Å². The van der Waals surface area contributed by atoms with Gasteiger partial charge in [0.15, 0.2) is 0 Å². The molecule has 0 radical (unpaired) electrons. The monoisotopic (exact) mass is 273 g/mol. The van der Waals surface area contributed by atoms with Gasteiger partial charge >= 0.3 is 5.97 Å². The van der Waals surface area contributed by atoms with Crippen LogP contribution < -0.4 is 5.32 Å². The lowest BCUT2D eigenvalue weighted by Gasteiger charge is -2.22. The Morgan fingerprint density at radius 1 is 1.15 bits per heavy atom. The molecule has 4 heteroatoms. The average Bonchev–Trinajstić information content (AvgIpc) is 3.07. The van der Waals surface area contributed by atoms with Gasteiger partial charge in [-0.25, -0.2) is 4.79 Å². The molecule has 1 aromatic carbocycles. The maximum absolute atomic E-state index is 12.2. The van der Waals surface area contributed by atoms with Crippen LogP contribution in [0.4, 0.5) is 0 Å². The highest BCUT2D eigenvalue weighted by molar-refractivity contribution is 6.04. The number of rotatable bonds is 4. The van der Waals surface area contributed by atoms with Crippen LogP contribution in [0.3, 0.4) is 0 Å². The fourth-order valence-electron chi connectivity index (χ4n) is 3.81. The zero-order chi connectivity index (χ0) is 14.1. The standard InChI is InChI=1S/C16H19NO3/c18-15(13-3-1-2-4-14(13)16(19)20)17-9-12-8-10-5-6-11(12)7-10/h1-4,10-12H,5-9H2,(H,17,18)(H,19,20). The number of benzene rings is 1. The van der Waals surface area contributed by atoms with Gasteiger partial charge in [-0.1, -0.05) is 18.6 Å². The highest BCUT2D eigenvalue weighted by atomic mass is 16.4. The van der Waals surface area contributed by atoms with E-state index in [1.807, 2.05) is 0 Å². The number of hydrogen-bond acceptors (Lipinski definition) is 2. The summed E-state index contributed by atoms with van der Waals surface area (Å²) in [5.74, 6) is 0.861. The van der Waals surface area contributed by atoms with E-state index in [4.69, 9.17) is 5.11 Å². The van der Waals surface area contributed by atoms with E-state index in [1.54, 1.807) is 18.2 Å². The first-order valence-corrected chi connectivity index (χ1v) is 7.25.